The summed E-state index contributed by atoms with van der Waals surface area (Å²) in [7, 11) is 0. The van der Waals surface area contributed by atoms with Crippen molar-refractivity contribution in [3.05, 3.63) is 47.0 Å². The maximum absolute atomic E-state index is 11.0. The summed E-state index contributed by atoms with van der Waals surface area (Å²) in [6.07, 6.45) is 3.30. The molecule has 1 atom stereocenters. The minimum absolute atomic E-state index is 0.131. The van der Waals surface area contributed by atoms with Gasteiger partial charge in [0.1, 0.15) is 11.6 Å². The summed E-state index contributed by atoms with van der Waals surface area (Å²) in [6, 6.07) is 7.11. The lowest BCUT2D eigenvalue weighted by atomic mass is 10.1. The fraction of sp³-hybridized carbons (Fsp3) is 0.286. The van der Waals surface area contributed by atoms with Gasteiger partial charge in [0.2, 0.25) is 0 Å². The van der Waals surface area contributed by atoms with Crippen LogP contribution in [0.25, 0.3) is 0 Å². The first-order valence-corrected chi connectivity index (χ1v) is 6.63. The standard InChI is InChI=1S/C14H15ClN2O3/c1-9(4-5-10-3-2-8-20-10)16-12-7-6-11(15)13(17-12)14(18)19/h2-3,6-9H,4-5H2,1H3,(H,16,17)(H,18,19). The lowest BCUT2D eigenvalue weighted by Crippen LogP contribution is -2.17. The Hall–Kier alpha value is -2.01. The Bertz CT molecular complexity index is 584. The lowest BCUT2D eigenvalue weighted by molar-refractivity contribution is 0.0691. The first-order valence-electron chi connectivity index (χ1n) is 6.25. The van der Waals surface area contributed by atoms with Crippen molar-refractivity contribution in [2.24, 2.45) is 0 Å². The summed E-state index contributed by atoms with van der Waals surface area (Å²) >= 11 is 5.77. The Morgan fingerprint density at radius 1 is 1.50 bits per heavy atom. The predicted molar refractivity (Wildman–Crippen MR) is 76.3 cm³/mol. The number of halogens is 1. The molecule has 6 heteroatoms. The van der Waals surface area contributed by atoms with Gasteiger partial charge in [0.15, 0.2) is 5.69 Å². The van der Waals surface area contributed by atoms with E-state index in [2.05, 4.69) is 10.3 Å². The number of aromatic carboxylic acids is 1. The van der Waals surface area contributed by atoms with Gasteiger partial charge in [-0.25, -0.2) is 9.78 Å². The largest absolute Gasteiger partial charge is 0.476 e. The summed E-state index contributed by atoms with van der Waals surface area (Å²) < 4.78 is 5.26. The van der Waals surface area contributed by atoms with Crippen molar-refractivity contribution in [2.75, 3.05) is 5.32 Å². The van der Waals surface area contributed by atoms with Gasteiger partial charge in [-0.2, -0.15) is 0 Å². The van der Waals surface area contributed by atoms with Gasteiger partial charge in [-0.05, 0) is 37.6 Å². The number of hydrogen-bond acceptors (Lipinski definition) is 4. The topological polar surface area (TPSA) is 75.4 Å². The van der Waals surface area contributed by atoms with Crippen molar-refractivity contribution in [2.45, 2.75) is 25.8 Å². The summed E-state index contributed by atoms with van der Waals surface area (Å²) in [6.45, 7) is 2.00. The van der Waals surface area contributed by atoms with Crippen molar-refractivity contribution >= 4 is 23.4 Å². The van der Waals surface area contributed by atoms with Crippen LogP contribution in [0.1, 0.15) is 29.6 Å². The number of hydrogen-bond donors (Lipinski definition) is 2. The SMILES string of the molecule is CC(CCc1ccco1)Nc1ccc(Cl)c(C(=O)O)n1. The Labute approximate surface area is 121 Å². The number of carboxylic acid groups (broad SMARTS) is 1. The zero-order valence-corrected chi connectivity index (χ0v) is 11.7. The number of aromatic nitrogens is 1. The normalized spacial score (nSPS) is 12.1. The van der Waals surface area contributed by atoms with E-state index in [1.807, 2.05) is 19.1 Å². The van der Waals surface area contributed by atoms with Crippen LogP contribution in [-0.2, 0) is 6.42 Å². The van der Waals surface area contributed by atoms with Crippen molar-refractivity contribution in [1.29, 1.82) is 0 Å². The number of pyridine rings is 1. The second-order valence-corrected chi connectivity index (χ2v) is 4.90. The highest BCUT2D eigenvalue weighted by molar-refractivity contribution is 6.33. The van der Waals surface area contributed by atoms with E-state index in [0.29, 0.717) is 5.82 Å². The molecule has 2 aromatic heterocycles. The zero-order valence-electron chi connectivity index (χ0n) is 11.0. The lowest BCUT2D eigenvalue weighted by Gasteiger charge is -2.14. The molecule has 0 bridgehead atoms. The van der Waals surface area contributed by atoms with Crippen molar-refractivity contribution in [3.63, 3.8) is 0 Å². The minimum Gasteiger partial charge on any atom is -0.476 e. The van der Waals surface area contributed by atoms with Gasteiger partial charge in [-0.1, -0.05) is 11.6 Å². The predicted octanol–water partition coefficient (Wildman–Crippen LogP) is 3.46. The summed E-state index contributed by atoms with van der Waals surface area (Å²) in [5.74, 6) is 0.287. The minimum atomic E-state index is -1.14. The molecule has 0 aliphatic carbocycles. The maximum atomic E-state index is 11.0. The number of aryl methyl sites for hydroxylation is 1. The number of rotatable bonds is 6. The molecule has 0 radical (unpaired) electrons. The van der Waals surface area contributed by atoms with E-state index in [1.165, 1.54) is 6.07 Å². The average molecular weight is 295 g/mol. The summed E-state index contributed by atoms with van der Waals surface area (Å²) in [5.41, 5.74) is -0.144. The molecule has 0 aromatic carbocycles. The third-order valence-corrected chi connectivity index (χ3v) is 3.15. The van der Waals surface area contributed by atoms with Crippen molar-refractivity contribution in [1.82, 2.24) is 4.98 Å². The van der Waals surface area contributed by atoms with Gasteiger partial charge in [0.25, 0.3) is 0 Å². The molecule has 5 nitrogen and oxygen atoms in total. The van der Waals surface area contributed by atoms with E-state index in [9.17, 15) is 4.79 Å². The van der Waals surface area contributed by atoms with Gasteiger partial charge >= 0.3 is 5.97 Å². The molecule has 2 aromatic rings. The maximum Gasteiger partial charge on any atom is 0.356 e. The fourth-order valence-corrected chi connectivity index (χ4v) is 2.00. The Balaban J connectivity index is 1.95. The number of carboxylic acids is 1. The van der Waals surface area contributed by atoms with Gasteiger partial charge in [0.05, 0.1) is 11.3 Å². The van der Waals surface area contributed by atoms with Crippen LogP contribution < -0.4 is 5.32 Å². The number of carbonyl (C=O) groups is 1. The number of anilines is 1. The number of nitrogens with zero attached hydrogens (tertiary/aromatic N) is 1. The van der Waals surface area contributed by atoms with E-state index in [1.54, 1.807) is 12.3 Å². The molecule has 0 aliphatic rings. The van der Waals surface area contributed by atoms with Crippen LogP contribution in [-0.4, -0.2) is 22.1 Å². The van der Waals surface area contributed by atoms with E-state index in [0.717, 1.165) is 18.6 Å². The first kappa shape index (κ1) is 14.4. The molecule has 0 fully saturated rings. The second-order valence-electron chi connectivity index (χ2n) is 4.50. The molecular formula is C14H15ClN2O3. The van der Waals surface area contributed by atoms with Crippen LogP contribution in [0.5, 0.6) is 0 Å². The molecule has 106 valence electrons. The smallest absolute Gasteiger partial charge is 0.356 e. The van der Waals surface area contributed by atoms with Gasteiger partial charge in [-0.15, -0.1) is 0 Å². The highest BCUT2D eigenvalue weighted by atomic mass is 35.5. The Morgan fingerprint density at radius 3 is 2.95 bits per heavy atom. The van der Waals surface area contributed by atoms with Crippen LogP contribution in [0, 0.1) is 0 Å². The van der Waals surface area contributed by atoms with E-state index < -0.39 is 5.97 Å². The molecule has 0 amide bonds. The van der Waals surface area contributed by atoms with E-state index in [4.69, 9.17) is 21.1 Å². The molecule has 2 heterocycles. The van der Waals surface area contributed by atoms with Gasteiger partial charge in [0, 0.05) is 12.5 Å². The number of nitrogens with one attached hydrogen (secondary N) is 1. The van der Waals surface area contributed by atoms with E-state index >= 15 is 0 Å². The van der Waals surface area contributed by atoms with Crippen LogP contribution >= 0.6 is 11.6 Å². The molecule has 0 spiro atoms. The summed E-state index contributed by atoms with van der Waals surface area (Å²) in [5, 5.41) is 12.2. The second kappa shape index (κ2) is 6.43. The first-order chi connectivity index (χ1) is 9.56. The molecule has 20 heavy (non-hydrogen) atoms. The highest BCUT2D eigenvalue weighted by Crippen LogP contribution is 2.18. The zero-order chi connectivity index (χ0) is 14.5. The Kier molecular flexibility index (Phi) is 4.63. The molecule has 2 N–H and O–H groups in total. The Morgan fingerprint density at radius 2 is 2.30 bits per heavy atom. The van der Waals surface area contributed by atoms with Crippen LogP contribution in [0.2, 0.25) is 5.02 Å². The third-order valence-electron chi connectivity index (χ3n) is 2.85. The third kappa shape index (κ3) is 3.74. The van der Waals surface area contributed by atoms with Gasteiger partial charge in [-0.3, -0.25) is 0 Å². The van der Waals surface area contributed by atoms with Crippen LogP contribution in [0.3, 0.4) is 0 Å². The molecule has 0 aliphatic heterocycles. The van der Waals surface area contributed by atoms with E-state index in [-0.39, 0.29) is 16.8 Å². The fourth-order valence-electron chi connectivity index (χ4n) is 1.81. The molecule has 0 saturated carbocycles. The van der Waals surface area contributed by atoms with Crippen molar-refractivity contribution < 1.29 is 14.3 Å². The quantitative estimate of drug-likeness (QED) is 0.853. The van der Waals surface area contributed by atoms with Crippen molar-refractivity contribution in [3.8, 4) is 0 Å². The monoisotopic (exact) mass is 294 g/mol. The number of furan rings is 1. The molecule has 0 saturated heterocycles. The van der Waals surface area contributed by atoms with Gasteiger partial charge < -0.3 is 14.8 Å². The van der Waals surface area contributed by atoms with Crippen LogP contribution in [0.4, 0.5) is 5.82 Å². The summed E-state index contributed by atoms with van der Waals surface area (Å²) in [4.78, 5) is 14.9. The molecule has 2 rings (SSSR count). The molecular weight excluding hydrogens is 280 g/mol. The van der Waals surface area contributed by atoms with Crippen LogP contribution in [0.15, 0.2) is 34.9 Å². The highest BCUT2D eigenvalue weighted by Gasteiger charge is 2.12. The molecule has 1 unspecified atom stereocenters. The average Bonchev–Trinajstić information content (AvgIpc) is 2.91.